The molecule has 4 rings (SSSR count). The van der Waals surface area contributed by atoms with Crippen molar-refractivity contribution in [3.05, 3.63) is 23.3 Å². The molecule has 2 heterocycles. The average molecular weight is 426 g/mol. The fourth-order valence-corrected chi connectivity index (χ4v) is 5.55. The van der Waals surface area contributed by atoms with E-state index in [-0.39, 0.29) is 5.97 Å². The van der Waals surface area contributed by atoms with Crippen LogP contribution in [0.4, 0.5) is 0 Å². The van der Waals surface area contributed by atoms with Crippen LogP contribution in [0.2, 0.25) is 0 Å². The minimum absolute atomic E-state index is 0.379. The van der Waals surface area contributed by atoms with Gasteiger partial charge in [-0.3, -0.25) is 0 Å². The molecule has 0 bridgehead atoms. The third kappa shape index (κ3) is 3.15. The zero-order valence-electron chi connectivity index (χ0n) is 17.3. The van der Waals surface area contributed by atoms with Gasteiger partial charge in [0.25, 0.3) is 0 Å². The van der Waals surface area contributed by atoms with Gasteiger partial charge in [-0.1, -0.05) is 19.1 Å². The summed E-state index contributed by atoms with van der Waals surface area (Å²) in [5.74, 6) is -0.869. The standard InChI is InChI=1S/C21H30O9/c1-9-10-4-6-20(2)12(5-7-21(3,27)17(20)16(10)30-18(9)26)29-19-15(25)14(24)13(23)11(8-22)28-19/h5,7,11-17,19,22-25,27H,4,6,8H2,1-3H3/t11-,12+,13-,14+,15-,16-,17+,19+,20-,21-/m1/s1. The summed E-state index contributed by atoms with van der Waals surface area (Å²) < 4.78 is 17.2. The number of ether oxygens (including phenoxy) is 3. The van der Waals surface area contributed by atoms with Crippen molar-refractivity contribution in [2.24, 2.45) is 11.3 Å². The number of esters is 1. The zero-order chi connectivity index (χ0) is 22.0. The van der Waals surface area contributed by atoms with Gasteiger partial charge in [-0.2, -0.15) is 0 Å². The van der Waals surface area contributed by atoms with E-state index in [0.29, 0.717) is 18.4 Å². The molecule has 9 heteroatoms. The second kappa shape index (κ2) is 7.37. The summed E-state index contributed by atoms with van der Waals surface area (Å²) in [5.41, 5.74) is -0.454. The lowest BCUT2D eigenvalue weighted by Crippen LogP contribution is -2.63. The molecule has 0 aromatic rings. The molecule has 30 heavy (non-hydrogen) atoms. The van der Waals surface area contributed by atoms with E-state index < -0.39 is 66.5 Å². The van der Waals surface area contributed by atoms with Gasteiger partial charge >= 0.3 is 5.97 Å². The quantitative estimate of drug-likeness (QED) is 0.288. The average Bonchev–Trinajstić information content (AvgIpc) is 2.97. The van der Waals surface area contributed by atoms with Crippen molar-refractivity contribution in [2.45, 2.75) is 82.1 Å². The van der Waals surface area contributed by atoms with Crippen molar-refractivity contribution in [2.75, 3.05) is 6.61 Å². The highest BCUT2D eigenvalue weighted by Gasteiger charge is 2.61. The van der Waals surface area contributed by atoms with Crippen LogP contribution in [0.25, 0.3) is 0 Å². The maximum absolute atomic E-state index is 12.2. The predicted molar refractivity (Wildman–Crippen MR) is 102 cm³/mol. The van der Waals surface area contributed by atoms with Crippen LogP contribution in [0, 0.1) is 11.3 Å². The largest absolute Gasteiger partial charge is 0.454 e. The maximum atomic E-state index is 12.2. The third-order valence-corrected chi connectivity index (χ3v) is 7.33. The molecule has 2 fully saturated rings. The SMILES string of the molecule is CC1=C2CC[C@]3(C)[C@@H](O[C@@H]4O[C@H](CO)[C@@H](O)[C@H](O)[C@H]4O)C=C[C@@](C)(O)[C@H]3[C@@H]2OC1=O. The zero-order valence-corrected chi connectivity index (χ0v) is 17.3. The van der Waals surface area contributed by atoms with Crippen molar-refractivity contribution in [3.8, 4) is 0 Å². The Morgan fingerprint density at radius 2 is 1.90 bits per heavy atom. The van der Waals surface area contributed by atoms with Crippen LogP contribution < -0.4 is 0 Å². The first-order valence-corrected chi connectivity index (χ1v) is 10.3. The van der Waals surface area contributed by atoms with E-state index in [0.717, 1.165) is 5.57 Å². The van der Waals surface area contributed by atoms with Crippen LogP contribution in [-0.2, 0) is 19.0 Å². The van der Waals surface area contributed by atoms with E-state index in [4.69, 9.17) is 14.2 Å². The highest BCUT2D eigenvalue weighted by atomic mass is 16.7. The van der Waals surface area contributed by atoms with E-state index in [2.05, 4.69) is 0 Å². The van der Waals surface area contributed by atoms with Crippen LogP contribution in [0.3, 0.4) is 0 Å². The molecule has 9 nitrogen and oxygen atoms in total. The van der Waals surface area contributed by atoms with Crippen molar-refractivity contribution in [3.63, 3.8) is 0 Å². The van der Waals surface area contributed by atoms with E-state index in [9.17, 15) is 30.3 Å². The van der Waals surface area contributed by atoms with Gasteiger partial charge in [0, 0.05) is 16.9 Å². The maximum Gasteiger partial charge on any atom is 0.334 e. The van der Waals surface area contributed by atoms with E-state index in [1.807, 2.05) is 6.92 Å². The molecule has 0 aromatic carbocycles. The van der Waals surface area contributed by atoms with Gasteiger partial charge < -0.3 is 39.7 Å². The third-order valence-electron chi connectivity index (χ3n) is 7.33. The van der Waals surface area contributed by atoms with Crippen LogP contribution in [0.1, 0.15) is 33.6 Å². The molecule has 0 amide bonds. The van der Waals surface area contributed by atoms with Crippen LogP contribution in [0.5, 0.6) is 0 Å². The van der Waals surface area contributed by atoms with Gasteiger partial charge in [0.2, 0.25) is 0 Å². The molecule has 1 saturated heterocycles. The fourth-order valence-electron chi connectivity index (χ4n) is 5.55. The number of fused-ring (bicyclic) bond motifs is 3. The summed E-state index contributed by atoms with van der Waals surface area (Å²) >= 11 is 0. The van der Waals surface area contributed by atoms with Gasteiger partial charge in [-0.25, -0.2) is 4.79 Å². The number of carbonyl (C=O) groups is 1. The fraction of sp³-hybridized carbons (Fsp3) is 0.762. The summed E-state index contributed by atoms with van der Waals surface area (Å²) in [5, 5.41) is 51.0. The molecule has 168 valence electrons. The summed E-state index contributed by atoms with van der Waals surface area (Å²) in [4.78, 5) is 12.2. The summed E-state index contributed by atoms with van der Waals surface area (Å²) in [6.45, 7) is 4.78. The molecule has 2 aliphatic carbocycles. The monoisotopic (exact) mass is 426 g/mol. The van der Waals surface area contributed by atoms with E-state index in [1.54, 1.807) is 26.0 Å². The molecule has 0 spiro atoms. The Morgan fingerprint density at radius 1 is 1.20 bits per heavy atom. The molecule has 0 unspecified atom stereocenters. The highest BCUT2D eigenvalue weighted by Crippen LogP contribution is 2.57. The smallest absolute Gasteiger partial charge is 0.334 e. The molecule has 2 aliphatic heterocycles. The minimum atomic E-state index is -1.54. The summed E-state index contributed by atoms with van der Waals surface area (Å²) in [6.07, 6.45) is -3.62. The molecule has 4 aliphatic rings. The predicted octanol–water partition coefficient (Wildman–Crippen LogP) is -0.849. The lowest BCUT2D eigenvalue weighted by molar-refractivity contribution is -0.320. The topological polar surface area (TPSA) is 146 Å². The van der Waals surface area contributed by atoms with Gasteiger partial charge in [-0.05, 0) is 32.3 Å². The molecule has 5 N–H and O–H groups in total. The van der Waals surface area contributed by atoms with E-state index in [1.165, 1.54) is 0 Å². The lowest BCUT2D eigenvalue weighted by Gasteiger charge is -2.56. The van der Waals surface area contributed by atoms with Crippen molar-refractivity contribution in [1.29, 1.82) is 0 Å². The first-order chi connectivity index (χ1) is 14.0. The molecule has 1 saturated carbocycles. The number of hydrogen-bond donors (Lipinski definition) is 5. The number of hydrogen-bond acceptors (Lipinski definition) is 9. The van der Waals surface area contributed by atoms with Gasteiger partial charge in [0.15, 0.2) is 6.29 Å². The molecular weight excluding hydrogens is 396 g/mol. The number of carbonyl (C=O) groups excluding carboxylic acids is 1. The van der Waals surface area contributed by atoms with Crippen LogP contribution in [-0.4, -0.2) is 86.6 Å². The normalized spacial score (nSPS) is 50.9. The van der Waals surface area contributed by atoms with Crippen LogP contribution in [0.15, 0.2) is 23.3 Å². The Balaban J connectivity index is 1.64. The van der Waals surface area contributed by atoms with Crippen molar-refractivity contribution >= 4 is 5.97 Å². The Kier molecular flexibility index (Phi) is 5.38. The molecule has 0 aromatic heterocycles. The van der Waals surface area contributed by atoms with Crippen molar-refractivity contribution < 1.29 is 44.5 Å². The van der Waals surface area contributed by atoms with Crippen LogP contribution >= 0.6 is 0 Å². The lowest BCUT2D eigenvalue weighted by atomic mass is 9.54. The number of aliphatic hydroxyl groups is 5. The number of rotatable bonds is 3. The Labute approximate surface area is 174 Å². The van der Waals surface area contributed by atoms with E-state index >= 15 is 0 Å². The second-order valence-corrected chi connectivity index (χ2v) is 9.30. The second-order valence-electron chi connectivity index (χ2n) is 9.30. The van der Waals surface area contributed by atoms with Crippen molar-refractivity contribution in [1.82, 2.24) is 0 Å². The summed E-state index contributed by atoms with van der Waals surface area (Å²) in [7, 11) is 0. The summed E-state index contributed by atoms with van der Waals surface area (Å²) in [6, 6.07) is 0. The Bertz CT molecular complexity index is 772. The first kappa shape index (κ1) is 21.9. The Morgan fingerprint density at radius 3 is 2.57 bits per heavy atom. The Hall–Kier alpha value is -1.33. The van der Waals surface area contributed by atoms with Gasteiger partial charge in [-0.15, -0.1) is 0 Å². The van der Waals surface area contributed by atoms with Gasteiger partial charge in [0.05, 0.1) is 18.3 Å². The molecule has 0 radical (unpaired) electrons. The minimum Gasteiger partial charge on any atom is -0.454 e. The molecule has 10 atom stereocenters. The molecular formula is C21H30O9. The van der Waals surface area contributed by atoms with Gasteiger partial charge in [0.1, 0.15) is 30.5 Å². The number of aliphatic hydroxyl groups excluding tert-OH is 4. The first-order valence-electron chi connectivity index (χ1n) is 10.3. The highest BCUT2D eigenvalue weighted by molar-refractivity contribution is 5.91.